The van der Waals surface area contributed by atoms with E-state index in [1.54, 1.807) is 0 Å². The molecule has 0 N–H and O–H groups in total. The van der Waals surface area contributed by atoms with Crippen LogP contribution in [0.4, 0.5) is 0 Å². The Hall–Kier alpha value is -1.97. The van der Waals surface area contributed by atoms with E-state index in [9.17, 15) is 14.4 Å². The summed E-state index contributed by atoms with van der Waals surface area (Å²) < 4.78 is 5.45. The van der Waals surface area contributed by atoms with Crippen molar-refractivity contribution in [3.63, 3.8) is 0 Å². The Balaban J connectivity index is 2.23. The molecule has 1 fully saturated rings. The third-order valence-electron chi connectivity index (χ3n) is 6.58. The number of hydrogen-bond donors (Lipinski definition) is 0. The van der Waals surface area contributed by atoms with Crippen molar-refractivity contribution >= 4 is 17.5 Å². The van der Waals surface area contributed by atoms with Crippen LogP contribution < -0.4 is 4.74 Å². The average Bonchev–Trinajstić information content (AvgIpc) is 2.52. The van der Waals surface area contributed by atoms with Gasteiger partial charge in [0.25, 0.3) is 0 Å². The summed E-state index contributed by atoms with van der Waals surface area (Å²) >= 11 is 0. The van der Waals surface area contributed by atoms with Crippen molar-refractivity contribution in [2.75, 3.05) is 0 Å². The highest BCUT2D eigenvalue weighted by Gasteiger charge is 2.58. The van der Waals surface area contributed by atoms with Gasteiger partial charge >= 0.3 is 5.97 Å². The molecule has 1 aromatic carbocycles. The molecule has 3 rings (SSSR count). The minimum absolute atomic E-state index is 0.00213. The van der Waals surface area contributed by atoms with Crippen LogP contribution >= 0.6 is 0 Å². The van der Waals surface area contributed by atoms with Gasteiger partial charge < -0.3 is 4.74 Å². The maximum Gasteiger partial charge on any atom is 0.308 e. The number of ether oxygens (including phenoxy) is 1. The normalized spacial score (nSPS) is 27.1. The Morgan fingerprint density at radius 1 is 1.15 bits per heavy atom. The Labute approximate surface area is 155 Å². The number of fused-ring (bicyclic) bond motifs is 3. The van der Waals surface area contributed by atoms with Gasteiger partial charge in [-0.05, 0) is 48.8 Å². The van der Waals surface area contributed by atoms with Crippen molar-refractivity contribution < 1.29 is 19.1 Å². The van der Waals surface area contributed by atoms with Gasteiger partial charge in [-0.25, -0.2) is 0 Å². The monoisotopic (exact) mass is 356 g/mol. The Morgan fingerprint density at radius 3 is 2.38 bits per heavy atom. The fourth-order valence-electron chi connectivity index (χ4n) is 5.22. The molecule has 26 heavy (non-hydrogen) atoms. The molecule has 4 nitrogen and oxygen atoms in total. The van der Waals surface area contributed by atoms with Crippen LogP contribution in [-0.4, -0.2) is 17.5 Å². The zero-order valence-corrected chi connectivity index (χ0v) is 16.6. The van der Waals surface area contributed by atoms with E-state index in [1.807, 2.05) is 32.9 Å². The number of carbonyl (C=O) groups excluding carboxylic acids is 3. The van der Waals surface area contributed by atoms with E-state index in [2.05, 4.69) is 13.8 Å². The summed E-state index contributed by atoms with van der Waals surface area (Å²) in [6.07, 6.45) is 1.58. The number of carbonyl (C=O) groups is 3. The van der Waals surface area contributed by atoms with E-state index >= 15 is 0 Å². The Bertz CT molecular complexity index is 803. The molecule has 2 aliphatic carbocycles. The van der Waals surface area contributed by atoms with Crippen molar-refractivity contribution in [2.24, 2.45) is 11.3 Å². The van der Waals surface area contributed by atoms with E-state index in [4.69, 9.17) is 4.74 Å². The van der Waals surface area contributed by atoms with E-state index in [1.165, 1.54) is 6.92 Å². The van der Waals surface area contributed by atoms with Crippen LogP contribution in [0.15, 0.2) is 12.1 Å². The summed E-state index contributed by atoms with van der Waals surface area (Å²) in [5.41, 5.74) is 1.98. The van der Waals surface area contributed by atoms with Gasteiger partial charge in [0.15, 0.2) is 5.78 Å². The summed E-state index contributed by atoms with van der Waals surface area (Å²) in [5, 5.41) is 0. The Morgan fingerprint density at radius 2 is 1.81 bits per heavy atom. The molecule has 0 bridgehead atoms. The molecule has 140 valence electrons. The highest BCUT2D eigenvalue weighted by atomic mass is 16.5. The lowest BCUT2D eigenvalue weighted by Gasteiger charge is -2.52. The summed E-state index contributed by atoms with van der Waals surface area (Å²) in [4.78, 5) is 37.1. The Kier molecular flexibility index (Phi) is 4.37. The summed E-state index contributed by atoms with van der Waals surface area (Å²) in [7, 11) is 0. The molecule has 0 saturated heterocycles. The number of Topliss-reactive ketones (excluding diaryl/α,β-unsaturated/α-hetero) is 2. The lowest BCUT2D eigenvalue weighted by molar-refractivity contribution is -0.147. The van der Waals surface area contributed by atoms with Crippen molar-refractivity contribution in [3.8, 4) is 5.75 Å². The highest BCUT2D eigenvalue weighted by Crippen LogP contribution is 2.55. The van der Waals surface area contributed by atoms with E-state index < -0.39 is 10.8 Å². The number of rotatable bonds is 2. The highest BCUT2D eigenvalue weighted by molar-refractivity contribution is 6.09. The molecule has 2 aliphatic rings. The van der Waals surface area contributed by atoms with E-state index in [-0.39, 0.29) is 35.8 Å². The first-order valence-corrected chi connectivity index (χ1v) is 9.42. The minimum atomic E-state index is -0.663. The van der Waals surface area contributed by atoms with E-state index in [0.29, 0.717) is 5.75 Å². The van der Waals surface area contributed by atoms with Gasteiger partial charge in [-0.2, -0.15) is 0 Å². The van der Waals surface area contributed by atoms with Crippen LogP contribution in [0.25, 0.3) is 0 Å². The standard InChI is InChI=1S/C22H28O4/c1-12(2)20-14-7-10-17-21(4,5)18(24)11-19(25)22(17,6)15(14)8-9-16(20)26-13(3)23/h8-9,12,17H,7,10-11H2,1-6H3/t17-,22+/m0/s1. The predicted molar refractivity (Wildman–Crippen MR) is 99.4 cm³/mol. The molecule has 0 amide bonds. The molecule has 0 aromatic heterocycles. The second kappa shape index (κ2) is 6.04. The lowest BCUT2D eigenvalue weighted by Crippen LogP contribution is -2.57. The fourth-order valence-corrected chi connectivity index (χ4v) is 5.22. The molecule has 0 heterocycles. The summed E-state index contributed by atoms with van der Waals surface area (Å²) in [5.74, 6) is 0.486. The zero-order valence-electron chi connectivity index (χ0n) is 16.6. The lowest BCUT2D eigenvalue weighted by atomic mass is 9.49. The van der Waals surface area contributed by atoms with Crippen molar-refractivity contribution in [1.29, 1.82) is 0 Å². The quantitative estimate of drug-likeness (QED) is 0.454. The first-order chi connectivity index (χ1) is 12.0. The molecule has 1 aromatic rings. The van der Waals surface area contributed by atoms with Crippen LogP contribution in [0, 0.1) is 11.3 Å². The molecule has 1 saturated carbocycles. The van der Waals surface area contributed by atoms with Crippen molar-refractivity contribution in [1.82, 2.24) is 0 Å². The number of hydrogen-bond acceptors (Lipinski definition) is 4. The second-order valence-corrected chi connectivity index (χ2v) is 8.79. The van der Waals surface area contributed by atoms with Gasteiger partial charge in [-0.1, -0.05) is 33.8 Å². The second-order valence-electron chi connectivity index (χ2n) is 8.79. The van der Waals surface area contributed by atoms with Crippen LogP contribution in [0.5, 0.6) is 5.75 Å². The molecule has 2 atom stereocenters. The van der Waals surface area contributed by atoms with Gasteiger partial charge in [0.1, 0.15) is 11.5 Å². The van der Waals surface area contributed by atoms with Crippen LogP contribution in [0.3, 0.4) is 0 Å². The van der Waals surface area contributed by atoms with Gasteiger partial charge in [0.2, 0.25) is 0 Å². The number of ketones is 2. The van der Waals surface area contributed by atoms with Gasteiger partial charge in [-0.3, -0.25) is 14.4 Å². The van der Waals surface area contributed by atoms with Crippen LogP contribution in [0.2, 0.25) is 0 Å². The van der Waals surface area contributed by atoms with Gasteiger partial charge in [0, 0.05) is 17.9 Å². The smallest absolute Gasteiger partial charge is 0.308 e. The maximum absolute atomic E-state index is 13.0. The average molecular weight is 356 g/mol. The van der Waals surface area contributed by atoms with E-state index in [0.717, 1.165) is 29.5 Å². The molecular formula is C22H28O4. The van der Waals surface area contributed by atoms with Crippen molar-refractivity contribution in [2.45, 2.75) is 72.1 Å². The molecule has 0 unspecified atom stereocenters. The largest absolute Gasteiger partial charge is 0.426 e. The van der Waals surface area contributed by atoms with Gasteiger partial charge in [0.05, 0.1) is 11.8 Å². The third-order valence-corrected chi connectivity index (χ3v) is 6.58. The first-order valence-electron chi connectivity index (χ1n) is 9.42. The van der Waals surface area contributed by atoms with Crippen LogP contribution in [0.1, 0.15) is 77.0 Å². The molecule has 0 radical (unpaired) electrons. The summed E-state index contributed by atoms with van der Waals surface area (Å²) in [6.45, 7) is 11.5. The number of esters is 1. The minimum Gasteiger partial charge on any atom is -0.426 e. The molecule has 0 aliphatic heterocycles. The predicted octanol–water partition coefficient (Wildman–Crippen LogP) is 4.12. The third kappa shape index (κ3) is 2.53. The summed E-state index contributed by atoms with van der Waals surface area (Å²) in [6, 6.07) is 3.76. The molecule has 0 spiro atoms. The van der Waals surface area contributed by atoms with Gasteiger partial charge in [-0.15, -0.1) is 0 Å². The number of benzene rings is 1. The maximum atomic E-state index is 13.0. The SMILES string of the molecule is CC(=O)Oc1ccc2c(c1C(C)C)CC[C@H]1C(C)(C)C(=O)CC(=O)[C@]21C. The first kappa shape index (κ1) is 18.8. The molecular weight excluding hydrogens is 328 g/mol. The zero-order chi connectivity index (χ0) is 19.4. The fraction of sp³-hybridized carbons (Fsp3) is 0.591. The molecule has 4 heteroatoms. The van der Waals surface area contributed by atoms with Crippen molar-refractivity contribution in [3.05, 3.63) is 28.8 Å². The topological polar surface area (TPSA) is 60.4 Å². The van der Waals surface area contributed by atoms with Crippen LogP contribution in [-0.2, 0) is 26.2 Å².